The third-order valence-corrected chi connectivity index (χ3v) is 5.31. The van der Waals surface area contributed by atoms with Crippen LogP contribution in [0.1, 0.15) is 5.56 Å². The zero-order valence-corrected chi connectivity index (χ0v) is 14.4. The molecule has 0 bridgehead atoms. The first-order chi connectivity index (χ1) is 11.7. The number of fused-ring (bicyclic) bond motifs is 1. The van der Waals surface area contributed by atoms with E-state index >= 15 is 0 Å². The van der Waals surface area contributed by atoms with Gasteiger partial charge in [-0.1, -0.05) is 18.2 Å². The van der Waals surface area contributed by atoms with Crippen LogP contribution in [-0.4, -0.2) is 34.6 Å². The normalized spacial score (nSPS) is 20.3. The van der Waals surface area contributed by atoms with Crippen LogP contribution in [0.15, 0.2) is 57.4 Å². The van der Waals surface area contributed by atoms with Gasteiger partial charge in [0.2, 0.25) is 5.13 Å². The fourth-order valence-corrected chi connectivity index (χ4v) is 3.94. The molecule has 120 valence electrons. The third-order valence-electron chi connectivity index (χ3n) is 3.58. The molecular formula is C17H13N3O2S2. The lowest BCUT2D eigenvalue weighted by atomic mass is 10.1. The highest BCUT2D eigenvalue weighted by Gasteiger charge is 2.31. The lowest BCUT2D eigenvalue weighted by molar-refractivity contribution is -0.121. The average molecular weight is 355 g/mol. The molecule has 2 aliphatic rings. The Labute approximate surface area is 147 Å². The fourth-order valence-electron chi connectivity index (χ4n) is 2.39. The molecule has 1 fully saturated rings. The number of thiazole rings is 1. The maximum absolute atomic E-state index is 12.4. The second-order valence-corrected chi connectivity index (χ2v) is 7.11. The zero-order chi connectivity index (χ0) is 16.5. The number of amidine groups is 1. The first-order valence-corrected chi connectivity index (χ1v) is 8.98. The van der Waals surface area contributed by atoms with Crippen LogP contribution in [0.25, 0.3) is 6.08 Å². The molecule has 0 aliphatic carbocycles. The molecule has 7 heteroatoms. The summed E-state index contributed by atoms with van der Waals surface area (Å²) in [5, 5.41) is 3.14. The highest BCUT2D eigenvalue weighted by molar-refractivity contribution is 8.18. The van der Waals surface area contributed by atoms with Crippen molar-refractivity contribution in [2.45, 2.75) is 0 Å². The Morgan fingerprint density at radius 3 is 3.08 bits per heavy atom. The van der Waals surface area contributed by atoms with Crippen LogP contribution in [0.4, 0.5) is 5.13 Å². The number of carbonyl (C=O) groups is 1. The van der Waals surface area contributed by atoms with Crippen molar-refractivity contribution >= 4 is 45.4 Å². The van der Waals surface area contributed by atoms with E-state index in [0.29, 0.717) is 21.8 Å². The number of benzene rings is 1. The number of para-hydroxylation sites is 1. The van der Waals surface area contributed by atoms with Crippen LogP contribution in [0, 0.1) is 0 Å². The third kappa shape index (κ3) is 2.88. The Morgan fingerprint density at radius 1 is 1.38 bits per heavy atom. The Bertz CT molecular complexity index is 885. The van der Waals surface area contributed by atoms with Crippen molar-refractivity contribution < 1.29 is 9.53 Å². The molecule has 2 aliphatic heterocycles. The predicted octanol–water partition coefficient (Wildman–Crippen LogP) is 3.70. The second-order valence-electron chi connectivity index (χ2n) is 5.23. The number of hydrogen-bond acceptors (Lipinski definition) is 6. The van der Waals surface area contributed by atoms with E-state index in [9.17, 15) is 4.79 Å². The summed E-state index contributed by atoms with van der Waals surface area (Å²) in [5.74, 6) is 0.809. The Kier molecular flexibility index (Phi) is 3.95. The zero-order valence-electron chi connectivity index (χ0n) is 12.8. The smallest absolute Gasteiger partial charge is 0.266 e. The van der Waals surface area contributed by atoms with E-state index in [0.717, 1.165) is 16.9 Å². The number of aromatic nitrogens is 1. The molecule has 0 atom stereocenters. The Hall–Kier alpha value is -2.38. The molecule has 0 spiro atoms. The van der Waals surface area contributed by atoms with Crippen molar-refractivity contribution in [3.63, 3.8) is 0 Å². The lowest BCUT2D eigenvalue weighted by Gasteiger charge is -2.15. The number of thioether (sulfide) groups is 1. The molecule has 1 aromatic heterocycles. The van der Waals surface area contributed by atoms with E-state index in [1.807, 2.05) is 35.7 Å². The number of carbonyl (C=O) groups excluding carboxylic acids is 1. The predicted molar refractivity (Wildman–Crippen MR) is 97.6 cm³/mol. The van der Waals surface area contributed by atoms with Crippen LogP contribution in [0.5, 0.6) is 5.75 Å². The molecule has 3 heterocycles. The van der Waals surface area contributed by atoms with Gasteiger partial charge in [-0.05, 0) is 35.6 Å². The average Bonchev–Trinajstić information content (AvgIpc) is 3.20. The first-order valence-electron chi connectivity index (χ1n) is 7.29. The van der Waals surface area contributed by atoms with Crippen molar-refractivity contribution in [3.8, 4) is 5.75 Å². The summed E-state index contributed by atoms with van der Waals surface area (Å²) < 4.78 is 5.73. The van der Waals surface area contributed by atoms with E-state index in [1.54, 1.807) is 18.1 Å². The molecule has 1 aromatic carbocycles. The summed E-state index contributed by atoms with van der Waals surface area (Å²) >= 11 is 2.80. The van der Waals surface area contributed by atoms with Crippen molar-refractivity contribution in [3.05, 3.63) is 58.0 Å². The van der Waals surface area contributed by atoms with Gasteiger partial charge in [0.15, 0.2) is 5.17 Å². The van der Waals surface area contributed by atoms with Crippen molar-refractivity contribution in [1.82, 2.24) is 9.88 Å². The molecule has 0 radical (unpaired) electrons. The van der Waals surface area contributed by atoms with Gasteiger partial charge in [-0.15, -0.1) is 11.3 Å². The number of ether oxygens (including phenoxy) is 1. The molecule has 5 nitrogen and oxygen atoms in total. The van der Waals surface area contributed by atoms with Crippen molar-refractivity contribution in [2.75, 3.05) is 13.7 Å². The van der Waals surface area contributed by atoms with E-state index < -0.39 is 0 Å². The molecule has 4 rings (SSSR count). The lowest BCUT2D eigenvalue weighted by Crippen LogP contribution is -2.23. The number of nitrogens with zero attached hydrogens (tertiary/aromatic N) is 3. The van der Waals surface area contributed by atoms with Gasteiger partial charge in [0.25, 0.3) is 5.91 Å². The van der Waals surface area contributed by atoms with Crippen LogP contribution >= 0.6 is 23.1 Å². The summed E-state index contributed by atoms with van der Waals surface area (Å²) in [6.45, 7) is 0.455. The van der Waals surface area contributed by atoms with E-state index in [2.05, 4.69) is 16.1 Å². The van der Waals surface area contributed by atoms with Gasteiger partial charge in [0, 0.05) is 24.2 Å². The van der Waals surface area contributed by atoms with Gasteiger partial charge in [-0.3, -0.25) is 9.69 Å². The highest BCUT2D eigenvalue weighted by Crippen LogP contribution is 2.34. The number of hydrogen-bond donors (Lipinski definition) is 0. The first kappa shape index (κ1) is 15.2. The SMILES string of the molecule is CN1C(=O)/C(=C\C2=Cc3ccccc3OC2)SC1=Nc1nccs1. The topological polar surface area (TPSA) is 54.8 Å². The summed E-state index contributed by atoms with van der Waals surface area (Å²) in [6.07, 6.45) is 5.63. The Morgan fingerprint density at radius 2 is 2.25 bits per heavy atom. The van der Waals surface area contributed by atoms with Gasteiger partial charge in [-0.25, -0.2) is 4.98 Å². The molecule has 24 heavy (non-hydrogen) atoms. The van der Waals surface area contributed by atoms with E-state index in [1.165, 1.54) is 23.1 Å². The molecule has 0 saturated carbocycles. The van der Waals surface area contributed by atoms with E-state index in [-0.39, 0.29) is 5.91 Å². The molecule has 0 N–H and O–H groups in total. The minimum Gasteiger partial charge on any atom is -0.488 e. The van der Waals surface area contributed by atoms with Gasteiger partial charge in [-0.2, -0.15) is 4.99 Å². The van der Waals surface area contributed by atoms with Crippen molar-refractivity contribution in [2.24, 2.45) is 4.99 Å². The summed E-state index contributed by atoms with van der Waals surface area (Å²) in [6, 6.07) is 7.86. The van der Waals surface area contributed by atoms with Crippen LogP contribution in [-0.2, 0) is 4.79 Å². The second kappa shape index (κ2) is 6.26. The Balaban J connectivity index is 1.62. The highest BCUT2D eigenvalue weighted by atomic mass is 32.2. The van der Waals surface area contributed by atoms with Gasteiger partial charge in [0.05, 0.1) is 4.91 Å². The molecule has 2 aromatic rings. The number of aliphatic imine (C=N–C) groups is 1. The van der Waals surface area contributed by atoms with Gasteiger partial charge < -0.3 is 4.74 Å². The minimum absolute atomic E-state index is 0.0601. The number of likely N-dealkylation sites (N-methyl/N-ethyl adjacent to an activating group) is 1. The standard InChI is InChI=1S/C17H13N3O2S2/c1-20-15(21)14(24-17(20)19-16-18-6-7-23-16)9-11-8-12-4-2-3-5-13(12)22-10-11/h2-9H,10H2,1H3/b14-9+,19-17?. The van der Waals surface area contributed by atoms with E-state index in [4.69, 9.17) is 4.74 Å². The fraction of sp³-hybridized carbons (Fsp3) is 0.118. The molecule has 1 saturated heterocycles. The molecular weight excluding hydrogens is 342 g/mol. The monoisotopic (exact) mass is 355 g/mol. The van der Waals surface area contributed by atoms with Crippen LogP contribution in [0.2, 0.25) is 0 Å². The molecule has 0 unspecified atom stereocenters. The maximum atomic E-state index is 12.4. The maximum Gasteiger partial charge on any atom is 0.266 e. The summed E-state index contributed by atoms with van der Waals surface area (Å²) in [5.41, 5.74) is 1.99. The summed E-state index contributed by atoms with van der Waals surface area (Å²) in [7, 11) is 1.73. The number of amides is 1. The van der Waals surface area contributed by atoms with Gasteiger partial charge in [0.1, 0.15) is 12.4 Å². The minimum atomic E-state index is -0.0601. The quantitative estimate of drug-likeness (QED) is 0.771. The summed E-state index contributed by atoms with van der Waals surface area (Å²) in [4.78, 5) is 23.2. The van der Waals surface area contributed by atoms with Crippen molar-refractivity contribution in [1.29, 1.82) is 0 Å². The largest absolute Gasteiger partial charge is 0.488 e. The molecule has 1 amide bonds. The van der Waals surface area contributed by atoms with Crippen LogP contribution in [0.3, 0.4) is 0 Å². The number of rotatable bonds is 2. The van der Waals surface area contributed by atoms with Gasteiger partial charge >= 0.3 is 0 Å². The van der Waals surface area contributed by atoms with Crippen LogP contribution < -0.4 is 4.74 Å².